The number of rotatable bonds is 2. The van der Waals surface area contributed by atoms with Crippen LogP contribution in [0.25, 0.3) is 0 Å². The monoisotopic (exact) mass is 332 g/mol. The number of carbonyl (C=O) groups is 2. The number of hydrogen-bond acceptors (Lipinski definition) is 2. The minimum Gasteiger partial charge on any atom is -0.298 e. The SMILES string of the molecule is CC12CCC3=C4CCC(=O)C=C4CCC3C1CCC2C(=O)CCl. The molecule has 0 aromatic heterocycles. The van der Waals surface area contributed by atoms with Gasteiger partial charge in [-0.2, -0.15) is 0 Å². The first kappa shape index (κ1) is 15.6. The van der Waals surface area contributed by atoms with E-state index in [0.29, 0.717) is 24.0 Å². The van der Waals surface area contributed by atoms with Gasteiger partial charge in [0, 0.05) is 12.3 Å². The Morgan fingerprint density at radius 2 is 2.04 bits per heavy atom. The molecule has 0 amide bonds. The Morgan fingerprint density at radius 1 is 1.22 bits per heavy atom. The molecule has 0 saturated heterocycles. The highest BCUT2D eigenvalue weighted by molar-refractivity contribution is 6.28. The number of ketones is 2. The van der Waals surface area contributed by atoms with Crippen molar-refractivity contribution in [1.29, 1.82) is 0 Å². The van der Waals surface area contributed by atoms with Crippen LogP contribution in [0, 0.1) is 23.2 Å². The Labute approximate surface area is 143 Å². The molecule has 2 fully saturated rings. The summed E-state index contributed by atoms with van der Waals surface area (Å²) < 4.78 is 0. The van der Waals surface area contributed by atoms with Crippen molar-refractivity contribution < 1.29 is 9.59 Å². The largest absolute Gasteiger partial charge is 0.298 e. The first-order valence-electron chi connectivity index (χ1n) is 9.09. The Kier molecular flexibility index (Phi) is 3.79. The summed E-state index contributed by atoms with van der Waals surface area (Å²) in [5, 5.41) is 0. The Hall–Kier alpha value is -0.890. The number of fused-ring (bicyclic) bond motifs is 4. The van der Waals surface area contributed by atoms with E-state index in [0.717, 1.165) is 32.1 Å². The highest BCUT2D eigenvalue weighted by Gasteiger charge is 2.55. The second kappa shape index (κ2) is 5.58. The van der Waals surface area contributed by atoms with Gasteiger partial charge in [0.2, 0.25) is 0 Å². The van der Waals surface area contributed by atoms with Gasteiger partial charge in [0.15, 0.2) is 11.6 Å². The molecule has 4 aliphatic carbocycles. The molecule has 2 saturated carbocycles. The quantitative estimate of drug-likeness (QED) is 0.692. The molecule has 2 nitrogen and oxygen atoms in total. The summed E-state index contributed by atoms with van der Waals surface area (Å²) in [6, 6.07) is 0. The standard InChI is InChI=1S/C20H25ClO2/c1-20-9-8-15-14-5-3-13(22)10-12(14)2-4-16(15)17(20)6-7-18(20)19(23)11-21/h10,16-18H,2-9,11H2,1H3. The summed E-state index contributed by atoms with van der Waals surface area (Å²) in [7, 11) is 0. The third-order valence-electron chi connectivity index (χ3n) is 7.25. The third kappa shape index (κ3) is 2.28. The molecule has 0 aliphatic heterocycles. The molecule has 0 radical (unpaired) electrons. The summed E-state index contributed by atoms with van der Waals surface area (Å²) >= 11 is 5.87. The van der Waals surface area contributed by atoms with Crippen LogP contribution in [0.2, 0.25) is 0 Å². The lowest BCUT2D eigenvalue weighted by Crippen LogP contribution is -2.42. The van der Waals surface area contributed by atoms with Crippen molar-refractivity contribution in [2.75, 3.05) is 5.88 Å². The lowest BCUT2D eigenvalue weighted by molar-refractivity contribution is -0.124. The summed E-state index contributed by atoms with van der Waals surface area (Å²) in [4.78, 5) is 24.0. The molecule has 4 rings (SSSR count). The predicted octanol–water partition coefficient (Wildman–Crippen LogP) is 4.62. The topological polar surface area (TPSA) is 34.1 Å². The molecule has 23 heavy (non-hydrogen) atoms. The second-order valence-electron chi connectivity index (χ2n) is 8.13. The molecule has 3 heteroatoms. The van der Waals surface area contributed by atoms with Crippen LogP contribution >= 0.6 is 11.6 Å². The van der Waals surface area contributed by atoms with Crippen molar-refractivity contribution in [3.63, 3.8) is 0 Å². The number of halogens is 1. The third-order valence-corrected chi connectivity index (χ3v) is 7.52. The van der Waals surface area contributed by atoms with Crippen LogP contribution in [-0.4, -0.2) is 17.4 Å². The van der Waals surface area contributed by atoms with Crippen LogP contribution in [0.4, 0.5) is 0 Å². The lowest BCUT2D eigenvalue weighted by Gasteiger charge is -2.49. The average molecular weight is 333 g/mol. The molecule has 124 valence electrons. The maximum atomic E-state index is 12.3. The molecule has 4 unspecified atom stereocenters. The van der Waals surface area contributed by atoms with Crippen LogP contribution in [0.5, 0.6) is 0 Å². The fourth-order valence-corrected chi connectivity index (χ4v) is 6.34. The van der Waals surface area contributed by atoms with Gasteiger partial charge in [-0.15, -0.1) is 11.6 Å². The average Bonchev–Trinajstić information content (AvgIpc) is 2.90. The highest BCUT2D eigenvalue weighted by Crippen LogP contribution is 2.62. The van der Waals surface area contributed by atoms with E-state index in [9.17, 15) is 9.59 Å². The second-order valence-corrected chi connectivity index (χ2v) is 8.39. The van der Waals surface area contributed by atoms with Crippen LogP contribution < -0.4 is 0 Å². The molecular formula is C20H25ClO2. The summed E-state index contributed by atoms with van der Waals surface area (Å²) in [5.74, 6) is 2.17. The fraction of sp³-hybridized carbons (Fsp3) is 0.700. The zero-order chi connectivity index (χ0) is 16.2. The molecule has 4 atom stereocenters. The zero-order valence-corrected chi connectivity index (χ0v) is 14.6. The Morgan fingerprint density at radius 3 is 2.83 bits per heavy atom. The van der Waals surface area contributed by atoms with Crippen molar-refractivity contribution in [3.05, 3.63) is 22.8 Å². The Bertz CT molecular complexity index is 630. The number of allylic oxidation sites excluding steroid dienone is 4. The highest BCUT2D eigenvalue weighted by atomic mass is 35.5. The van der Waals surface area contributed by atoms with Gasteiger partial charge in [-0.05, 0) is 79.4 Å². The minimum atomic E-state index is 0.145. The molecule has 0 aromatic rings. The van der Waals surface area contributed by atoms with Crippen molar-refractivity contribution in [2.24, 2.45) is 23.2 Å². The van der Waals surface area contributed by atoms with Crippen molar-refractivity contribution >= 4 is 23.2 Å². The fourth-order valence-electron chi connectivity index (χ4n) is 6.15. The summed E-state index contributed by atoms with van der Waals surface area (Å²) in [6.07, 6.45) is 10.2. The number of alkyl halides is 1. The van der Waals surface area contributed by atoms with Crippen LogP contribution in [0.1, 0.15) is 58.3 Å². The van der Waals surface area contributed by atoms with Crippen molar-refractivity contribution in [2.45, 2.75) is 58.3 Å². The number of Topliss-reactive ketones (excluding diaryl/α,β-unsaturated/α-hetero) is 1. The molecule has 0 bridgehead atoms. The van der Waals surface area contributed by atoms with Gasteiger partial charge in [0.25, 0.3) is 0 Å². The van der Waals surface area contributed by atoms with Gasteiger partial charge < -0.3 is 0 Å². The van der Waals surface area contributed by atoms with E-state index in [1.807, 2.05) is 6.08 Å². The maximum Gasteiger partial charge on any atom is 0.156 e. The normalized spacial score (nSPS) is 39.5. The summed E-state index contributed by atoms with van der Waals surface area (Å²) in [6.45, 7) is 2.34. The zero-order valence-electron chi connectivity index (χ0n) is 13.9. The van der Waals surface area contributed by atoms with E-state index in [1.54, 1.807) is 5.57 Å². The van der Waals surface area contributed by atoms with E-state index < -0.39 is 0 Å². The van der Waals surface area contributed by atoms with Crippen LogP contribution in [0.15, 0.2) is 22.8 Å². The number of hydrogen-bond donors (Lipinski definition) is 0. The first-order chi connectivity index (χ1) is 11.0. The van der Waals surface area contributed by atoms with Crippen LogP contribution in [-0.2, 0) is 9.59 Å². The Balaban J connectivity index is 1.69. The molecule has 0 aromatic carbocycles. The molecule has 0 N–H and O–H groups in total. The van der Waals surface area contributed by atoms with E-state index >= 15 is 0 Å². The lowest BCUT2D eigenvalue weighted by atomic mass is 9.55. The van der Waals surface area contributed by atoms with Gasteiger partial charge in [-0.1, -0.05) is 12.5 Å². The first-order valence-corrected chi connectivity index (χ1v) is 9.62. The molecule has 0 spiro atoms. The molecule has 4 aliphatic rings. The minimum absolute atomic E-state index is 0.145. The predicted molar refractivity (Wildman–Crippen MR) is 91.4 cm³/mol. The molecule has 0 heterocycles. The van der Waals surface area contributed by atoms with Gasteiger partial charge in [0.05, 0.1) is 5.88 Å². The van der Waals surface area contributed by atoms with E-state index in [-0.39, 0.29) is 23.0 Å². The van der Waals surface area contributed by atoms with Crippen molar-refractivity contribution in [1.82, 2.24) is 0 Å². The maximum absolute atomic E-state index is 12.3. The smallest absolute Gasteiger partial charge is 0.156 e. The summed E-state index contributed by atoms with van der Waals surface area (Å²) in [5.41, 5.74) is 4.61. The van der Waals surface area contributed by atoms with E-state index in [4.69, 9.17) is 11.6 Å². The molecular weight excluding hydrogens is 308 g/mol. The van der Waals surface area contributed by atoms with E-state index in [1.165, 1.54) is 24.0 Å². The van der Waals surface area contributed by atoms with Gasteiger partial charge in [0.1, 0.15) is 0 Å². The van der Waals surface area contributed by atoms with Gasteiger partial charge in [-0.25, -0.2) is 0 Å². The van der Waals surface area contributed by atoms with Gasteiger partial charge in [-0.3, -0.25) is 9.59 Å². The number of carbonyl (C=O) groups excluding carboxylic acids is 2. The van der Waals surface area contributed by atoms with Crippen LogP contribution in [0.3, 0.4) is 0 Å². The van der Waals surface area contributed by atoms with E-state index in [2.05, 4.69) is 6.92 Å². The van der Waals surface area contributed by atoms with Crippen molar-refractivity contribution in [3.8, 4) is 0 Å². The van der Waals surface area contributed by atoms with Gasteiger partial charge >= 0.3 is 0 Å².